The minimum Gasteiger partial charge on any atom is -0.294 e. The van der Waals surface area contributed by atoms with Crippen molar-refractivity contribution in [3.8, 4) is 0 Å². The molecule has 0 unspecified atom stereocenters. The van der Waals surface area contributed by atoms with E-state index >= 15 is 0 Å². The summed E-state index contributed by atoms with van der Waals surface area (Å²) in [6, 6.07) is 9.39. The summed E-state index contributed by atoms with van der Waals surface area (Å²) in [7, 11) is 0. The SMILES string of the molecule is Cc1cc(C)c(C(=O)Cc2ccc(Cl)c(Cl)c2)c(C)c1. The number of hydrogen-bond donors (Lipinski definition) is 0. The standard InChI is InChI=1S/C17H16Cl2O/c1-10-6-11(2)17(12(3)7-10)16(20)9-13-4-5-14(18)15(19)8-13/h4-8H,9H2,1-3H3. The zero-order chi connectivity index (χ0) is 14.9. The van der Waals surface area contributed by atoms with Crippen LogP contribution in [0.25, 0.3) is 0 Å². The summed E-state index contributed by atoms with van der Waals surface area (Å²) < 4.78 is 0. The largest absolute Gasteiger partial charge is 0.294 e. The van der Waals surface area contributed by atoms with Gasteiger partial charge in [0.1, 0.15) is 0 Å². The van der Waals surface area contributed by atoms with Crippen LogP contribution in [0, 0.1) is 20.8 Å². The second-order valence-corrected chi connectivity index (χ2v) is 5.94. The first kappa shape index (κ1) is 15.1. The molecule has 0 N–H and O–H groups in total. The number of Topliss-reactive ketones (excluding diaryl/α,β-unsaturated/α-hetero) is 1. The Labute approximate surface area is 129 Å². The molecule has 0 aliphatic heterocycles. The molecule has 0 amide bonds. The molecule has 2 aromatic carbocycles. The summed E-state index contributed by atoms with van der Waals surface area (Å²) in [6.45, 7) is 5.98. The van der Waals surface area contributed by atoms with Gasteiger partial charge in [-0.05, 0) is 49.6 Å². The molecule has 0 saturated heterocycles. The van der Waals surface area contributed by atoms with Crippen molar-refractivity contribution in [3.05, 3.63) is 68.2 Å². The Bertz CT molecular complexity index is 652. The van der Waals surface area contributed by atoms with Gasteiger partial charge < -0.3 is 0 Å². The molecular weight excluding hydrogens is 291 g/mol. The highest BCUT2D eigenvalue weighted by Crippen LogP contribution is 2.24. The van der Waals surface area contributed by atoms with Crippen LogP contribution in [-0.2, 0) is 6.42 Å². The summed E-state index contributed by atoms with van der Waals surface area (Å²) in [5.41, 5.74) is 4.90. The van der Waals surface area contributed by atoms with Gasteiger partial charge in [0.15, 0.2) is 5.78 Å². The van der Waals surface area contributed by atoms with Crippen LogP contribution in [0.3, 0.4) is 0 Å². The van der Waals surface area contributed by atoms with Crippen molar-refractivity contribution in [1.82, 2.24) is 0 Å². The van der Waals surface area contributed by atoms with E-state index in [9.17, 15) is 4.79 Å². The summed E-state index contributed by atoms with van der Waals surface area (Å²) in [4.78, 5) is 12.5. The summed E-state index contributed by atoms with van der Waals surface area (Å²) in [6.07, 6.45) is 0.335. The van der Waals surface area contributed by atoms with Crippen LogP contribution in [0.2, 0.25) is 10.0 Å². The first-order valence-corrected chi connectivity index (χ1v) is 7.19. The maximum atomic E-state index is 12.5. The van der Waals surface area contributed by atoms with Crippen LogP contribution in [-0.4, -0.2) is 5.78 Å². The highest BCUT2D eigenvalue weighted by Gasteiger charge is 2.14. The number of carbonyl (C=O) groups is 1. The van der Waals surface area contributed by atoms with Gasteiger partial charge >= 0.3 is 0 Å². The molecule has 0 saturated carbocycles. The summed E-state index contributed by atoms with van der Waals surface area (Å²) in [5, 5.41) is 0.986. The highest BCUT2D eigenvalue weighted by molar-refractivity contribution is 6.42. The number of benzene rings is 2. The Balaban J connectivity index is 2.31. The lowest BCUT2D eigenvalue weighted by Gasteiger charge is -2.10. The van der Waals surface area contributed by atoms with E-state index in [1.165, 1.54) is 5.56 Å². The third-order valence-electron chi connectivity index (χ3n) is 3.30. The van der Waals surface area contributed by atoms with Crippen molar-refractivity contribution in [3.63, 3.8) is 0 Å². The van der Waals surface area contributed by atoms with Crippen molar-refractivity contribution in [1.29, 1.82) is 0 Å². The predicted octanol–water partition coefficient (Wildman–Crippen LogP) is 5.34. The maximum absolute atomic E-state index is 12.5. The highest BCUT2D eigenvalue weighted by atomic mass is 35.5. The average Bonchev–Trinajstić information content (AvgIpc) is 2.32. The van der Waals surface area contributed by atoms with E-state index in [1.807, 2.05) is 39.0 Å². The van der Waals surface area contributed by atoms with E-state index in [0.29, 0.717) is 16.5 Å². The fraction of sp³-hybridized carbons (Fsp3) is 0.235. The first-order valence-electron chi connectivity index (χ1n) is 6.43. The normalized spacial score (nSPS) is 10.7. The van der Waals surface area contributed by atoms with Crippen molar-refractivity contribution in [2.45, 2.75) is 27.2 Å². The average molecular weight is 307 g/mol. The summed E-state index contributed by atoms with van der Waals surface area (Å²) in [5.74, 6) is 0.110. The smallest absolute Gasteiger partial charge is 0.167 e. The quantitative estimate of drug-likeness (QED) is 0.699. The van der Waals surface area contributed by atoms with E-state index in [1.54, 1.807) is 12.1 Å². The van der Waals surface area contributed by atoms with E-state index < -0.39 is 0 Å². The minimum atomic E-state index is 0.110. The van der Waals surface area contributed by atoms with Gasteiger partial charge in [-0.25, -0.2) is 0 Å². The van der Waals surface area contributed by atoms with Crippen molar-refractivity contribution in [2.24, 2.45) is 0 Å². The molecule has 0 spiro atoms. The molecule has 0 radical (unpaired) electrons. The number of rotatable bonds is 3. The summed E-state index contributed by atoms with van der Waals surface area (Å²) >= 11 is 11.9. The second kappa shape index (κ2) is 5.99. The zero-order valence-corrected chi connectivity index (χ0v) is 13.3. The van der Waals surface area contributed by atoms with Gasteiger partial charge in [-0.3, -0.25) is 4.79 Å². The number of hydrogen-bond acceptors (Lipinski definition) is 1. The van der Waals surface area contributed by atoms with Crippen LogP contribution < -0.4 is 0 Å². The molecular formula is C17H16Cl2O. The van der Waals surface area contributed by atoms with Crippen LogP contribution in [0.1, 0.15) is 32.6 Å². The van der Waals surface area contributed by atoms with Gasteiger partial charge in [0.2, 0.25) is 0 Å². The van der Waals surface area contributed by atoms with Crippen molar-refractivity contribution < 1.29 is 4.79 Å². The van der Waals surface area contributed by atoms with Gasteiger partial charge in [0, 0.05) is 12.0 Å². The molecule has 0 atom stereocenters. The molecule has 20 heavy (non-hydrogen) atoms. The van der Waals surface area contributed by atoms with Crippen LogP contribution in [0.4, 0.5) is 0 Å². The number of halogens is 2. The lowest BCUT2D eigenvalue weighted by molar-refractivity contribution is 0.0992. The lowest BCUT2D eigenvalue weighted by atomic mass is 9.93. The molecule has 104 valence electrons. The Kier molecular flexibility index (Phi) is 4.52. The minimum absolute atomic E-state index is 0.110. The molecule has 0 aliphatic carbocycles. The predicted molar refractivity (Wildman–Crippen MR) is 85.1 cm³/mol. The third kappa shape index (κ3) is 3.23. The zero-order valence-electron chi connectivity index (χ0n) is 11.8. The molecule has 2 aromatic rings. The fourth-order valence-corrected chi connectivity index (χ4v) is 2.86. The van der Waals surface area contributed by atoms with E-state index in [-0.39, 0.29) is 5.78 Å². The monoisotopic (exact) mass is 306 g/mol. The number of ketones is 1. The fourth-order valence-electron chi connectivity index (χ4n) is 2.54. The van der Waals surface area contributed by atoms with Crippen LogP contribution in [0.15, 0.2) is 30.3 Å². The van der Waals surface area contributed by atoms with E-state index in [0.717, 1.165) is 22.3 Å². The Hall–Kier alpha value is -1.31. The molecule has 0 aromatic heterocycles. The molecule has 0 fully saturated rings. The Morgan fingerprint density at radius 2 is 1.55 bits per heavy atom. The molecule has 0 heterocycles. The lowest BCUT2D eigenvalue weighted by Crippen LogP contribution is -2.08. The molecule has 0 bridgehead atoms. The van der Waals surface area contributed by atoms with Gasteiger partial charge in [-0.2, -0.15) is 0 Å². The Morgan fingerprint density at radius 1 is 0.950 bits per heavy atom. The number of aryl methyl sites for hydroxylation is 3. The molecule has 2 rings (SSSR count). The van der Waals surface area contributed by atoms with Gasteiger partial charge in [0.05, 0.1) is 10.0 Å². The van der Waals surface area contributed by atoms with E-state index in [2.05, 4.69) is 0 Å². The van der Waals surface area contributed by atoms with Crippen LogP contribution in [0.5, 0.6) is 0 Å². The van der Waals surface area contributed by atoms with E-state index in [4.69, 9.17) is 23.2 Å². The van der Waals surface area contributed by atoms with Crippen molar-refractivity contribution in [2.75, 3.05) is 0 Å². The maximum Gasteiger partial charge on any atom is 0.167 e. The number of carbonyl (C=O) groups excluding carboxylic acids is 1. The second-order valence-electron chi connectivity index (χ2n) is 5.12. The third-order valence-corrected chi connectivity index (χ3v) is 4.04. The van der Waals surface area contributed by atoms with Gasteiger partial charge in [0.25, 0.3) is 0 Å². The van der Waals surface area contributed by atoms with Crippen molar-refractivity contribution >= 4 is 29.0 Å². The molecule has 1 nitrogen and oxygen atoms in total. The molecule has 0 aliphatic rings. The topological polar surface area (TPSA) is 17.1 Å². The van der Waals surface area contributed by atoms with Gasteiger partial charge in [-0.1, -0.05) is 47.0 Å². The van der Waals surface area contributed by atoms with Crippen LogP contribution >= 0.6 is 23.2 Å². The first-order chi connectivity index (χ1) is 9.38. The molecule has 3 heteroatoms. The Morgan fingerprint density at radius 3 is 2.10 bits per heavy atom. The van der Waals surface area contributed by atoms with Gasteiger partial charge in [-0.15, -0.1) is 0 Å².